The molecule has 0 spiro atoms. The third-order valence-electron chi connectivity index (χ3n) is 2.05. The normalized spacial score (nSPS) is 10.3. The summed E-state index contributed by atoms with van der Waals surface area (Å²) in [5.74, 6) is -0.111. The minimum atomic E-state index is -0.291. The van der Waals surface area contributed by atoms with E-state index in [9.17, 15) is 4.79 Å². The van der Waals surface area contributed by atoms with Crippen LogP contribution in [0.2, 0.25) is 5.15 Å². The Kier molecular flexibility index (Phi) is 3.44. The van der Waals surface area contributed by atoms with E-state index < -0.39 is 0 Å². The van der Waals surface area contributed by atoms with Crippen molar-refractivity contribution in [2.24, 2.45) is 7.05 Å². The van der Waals surface area contributed by atoms with Crippen molar-refractivity contribution in [3.8, 4) is 0 Å². The number of hydrogen-bond acceptors (Lipinski definition) is 3. The van der Waals surface area contributed by atoms with Crippen LogP contribution in [-0.4, -0.2) is 20.4 Å². The summed E-state index contributed by atoms with van der Waals surface area (Å²) in [5, 5.41) is 2.85. The zero-order valence-electron chi connectivity index (χ0n) is 8.82. The summed E-state index contributed by atoms with van der Waals surface area (Å²) in [6.45, 7) is 0. The summed E-state index contributed by atoms with van der Waals surface area (Å²) >= 11 is 8.99. The van der Waals surface area contributed by atoms with Crippen LogP contribution in [0.1, 0.15) is 10.5 Å². The summed E-state index contributed by atoms with van der Waals surface area (Å²) in [6, 6.07) is 3.25. The number of nitrogens with zero attached hydrogens (tertiary/aromatic N) is 3. The van der Waals surface area contributed by atoms with Gasteiger partial charge in [-0.25, -0.2) is 9.97 Å². The fourth-order valence-electron chi connectivity index (χ4n) is 1.31. The van der Waals surface area contributed by atoms with Crippen molar-refractivity contribution < 1.29 is 4.79 Å². The number of carbonyl (C=O) groups excluding carboxylic acids is 1. The average Bonchev–Trinajstić information content (AvgIpc) is 2.58. The molecule has 0 bridgehead atoms. The second-order valence-electron chi connectivity index (χ2n) is 3.31. The minimum Gasteiger partial charge on any atom is -0.345 e. The number of amides is 1. The van der Waals surface area contributed by atoms with Crippen molar-refractivity contribution in [1.82, 2.24) is 14.5 Å². The number of rotatable bonds is 2. The van der Waals surface area contributed by atoms with E-state index in [0.717, 1.165) is 4.47 Å². The van der Waals surface area contributed by atoms with E-state index in [2.05, 4.69) is 31.2 Å². The van der Waals surface area contributed by atoms with Crippen molar-refractivity contribution in [3.63, 3.8) is 0 Å². The molecule has 0 aromatic carbocycles. The number of anilines is 1. The smallest absolute Gasteiger partial charge is 0.274 e. The van der Waals surface area contributed by atoms with Gasteiger partial charge in [-0.15, -0.1) is 0 Å². The van der Waals surface area contributed by atoms with Gasteiger partial charge in [-0.3, -0.25) is 10.1 Å². The highest BCUT2D eigenvalue weighted by Gasteiger charge is 2.12. The summed E-state index contributed by atoms with van der Waals surface area (Å²) < 4.78 is 2.53. The molecule has 2 heterocycles. The van der Waals surface area contributed by atoms with E-state index in [0.29, 0.717) is 5.69 Å². The lowest BCUT2D eigenvalue weighted by atomic mass is 10.4. The predicted octanol–water partition coefficient (Wildman–Crippen LogP) is 2.48. The molecule has 88 valence electrons. The highest BCUT2D eigenvalue weighted by atomic mass is 79.9. The summed E-state index contributed by atoms with van der Waals surface area (Å²) in [7, 11) is 1.78. The fraction of sp³-hybridized carbons (Fsp3) is 0.100. The first-order valence-electron chi connectivity index (χ1n) is 4.68. The maximum absolute atomic E-state index is 11.9. The van der Waals surface area contributed by atoms with Crippen molar-refractivity contribution in [1.29, 1.82) is 0 Å². The van der Waals surface area contributed by atoms with E-state index in [1.807, 2.05) is 0 Å². The van der Waals surface area contributed by atoms with E-state index >= 15 is 0 Å². The van der Waals surface area contributed by atoms with Crippen molar-refractivity contribution in [2.75, 3.05) is 5.32 Å². The first kappa shape index (κ1) is 12.1. The van der Waals surface area contributed by atoms with Gasteiger partial charge in [-0.1, -0.05) is 11.6 Å². The van der Waals surface area contributed by atoms with E-state index in [-0.39, 0.29) is 17.0 Å². The zero-order valence-corrected chi connectivity index (χ0v) is 11.2. The molecule has 1 amide bonds. The molecule has 0 saturated heterocycles. The fourth-order valence-corrected chi connectivity index (χ4v) is 1.97. The molecule has 0 fully saturated rings. The van der Waals surface area contributed by atoms with Gasteiger partial charge in [0.1, 0.15) is 10.8 Å². The van der Waals surface area contributed by atoms with Gasteiger partial charge in [0.15, 0.2) is 0 Å². The molecule has 0 radical (unpaired) electrons. The van der Waals surface area contributed by atoms with Crippen molar-refractivity contribution in [3.05, 3.63) is 39.8 Å². The molecule has 0 aliphatic carbocycles. The molecule has 7 heteroatoms. The summed E-state index contributed by atoms with van der Waals surface area (Å²) in [4.78, 5) is 19.7. The number of aromatic nitrogens is 3. The quantitative estimate of drug-likeness (QED) is 0.866. The molecular formula is C10H8BrClN4O. The average molecular weight is 316 g/mol. The Balaban J connectivity index is 2.20. The molecule has 0 unspecified atom stereocenters. The molecule has 0 aliphatic heterocycles. The lowest BCUT2D eigenvalue weighted by Gasteiger charge is -2.04. The topological polar surface area (TPSA) is 59.8 Å². The highest BCUT2D eigenvalue weighted by Crippen LogP contribution is 2.15. The molecule has 0 atom stereocenters. The number of halogens is 2. The first-order chi connectivity index (χ1) is 8.06. The Labute approximate surface area is 111 Å². The van der Waals surface area contributed by atoms with Gasteiger partial charge in [0.2, 0.25) is 5.95 Å². The van der Waals surface area contributed by atoms with Gasteiger partial charge in [0.25, 0.3) is 5.91 Å². The van der Waals surface area contributed by atoms with Crippen LogP contribution < -0.4 is 5.32 Å². The van der Waals surface area contributed by atoms with Crippen LogP contribution in [0, 0.1) is 0 Å². The molecule has 2 aromatic rings. The Morgan fingerprint density at radius 3 is 2.94 bits per heavy atom. The zero-order chi connectivity index (χ0) is 12.4. The van der Waals surface area contributed by atoms with Gasteiger partial charge in [-0.05, 0) is 28.1 Å². The highest BCUT2D eigenvalue weighted by molar-refractivity contribution is 9.10. The SMILES string of the molecule is Cn1cc(Br)cc1C(=O)Nc1nccc(Cl)n1. The number of hydrogen-bond donors (Lipinski definition) is 1. The third-order valence-corrected chi connectivity index (χ3v) is 2.70. The molecule has 0 saturated carbocycles. The predicted molar refractivity (Wildman–Crippen MR) is 68.1 cm³/mol. The first-order valence-corrected chi connectivity index (χ1v) is 5.85. The van der Waals surface area contributed by atoms with Crippen LogP contribution in [0.15, 0.2) is 29.0 Å². The van der Waals surface area contributed by atoms with Gasteiger partial charge >= 0.3 is 0 Å². The largest absolute Gasteiger partial charge is 0.345 e. The monoisotopic (exact) mass is 314 g/mol. The summed E-state index contributed by atoms with van der Waals surface area (Å²) in [5.41, 5.74) is 0.500. The van der Waals surface area contributed by atoms with Crippen LogP contribution in [0.25, 0.3) is 0 Å². The van der Waals surface area contributed by atoms with Crippen LogP contribution >= 0.6 is 27.5 Å². The number of aryl methyl sites for hydroxylation is 1. The van der Waals surface area contributed by atoms with Crippen molar-refractivity contribution >= 4 is 39.4 Å². The molecule has 17 heavy (non-hydrogen) atoms. The maximum atomic E-state index is 11.9. The van der Waals surface area contributed by atoms with Crippen molar-refractivity contribution in [2.45, 2.75) is 0 Å². The standard InChI is InChI=1S/C10H8BrClN4O/c1-16-5-6(11)4-7(16)9(17)15-10-13-3-2-8(12)14-10/h2-5H,1H3,(H,13,14,15,17). The van der Waals surface area contributed by atoms with E-state index in [1.54, 1.807) is 23.9 Å². The van der Waals surface area contributed by atoms with Crippen LogP contribution in [0.4, 0.5) is 5.95 Å². The minimum absolute atomic E-state index is 0.180. The number of nitrogens with one attached hydrogen (secondary N) is 1. The van der Waals surface area contributed by atoms with Gasteiger partial charge in [0, 0.05) is 23.9 Å². The van der Waals surface area contributed by atoms with Crippen LogP contribution in [0.5, 0.6) is 0 Å². The molecule has 5 nitrogen and oxygen atoms in total. The molecule has 1 N–H and O–H groups in total. The van der Waals surface area contributed by atoms with Gasteiger partial charge in [-0.2, -0.15) is 0 Å². The maximum Gasteiger partial charge on any atom is 0.274 e. The molecule has 0 aliphatic rings. The lowest BCUT2D eigenvalue weighted by Crippen LogP contribution is -2.16. The Morgan fingerprint density at radius 2 is 2.35 bits per heavy atom. The molecule has 2 aromatic heterocycles. The van der Waals surface area contributed by atoms with Crippen LogP contribution in [0.3, 0.4) is 0 Å². The second kappa shape index (κ2) is 4.85. The second-order valence-corrected chi connectivity index (χ2v) is 4.61. The molecule has 2 rings (SSSR count). The van der Waals surface area contributed by atoms with Gasteiger partial charge in [0.05, 0.1) is 0 Å². The Hall–Kier alpha value is -1.40. The lowest BCUT2D eigenvalue weighted by molar-refractivity contribution is 0.101. The third kappa shape index (κ3) is 2.83. The van der Waals surface area contributed by atoms with E-state index in [1.165, 1.54) is 12.3 Å². The van der Waals surface area contributed by atoms with E-state index in [4.69, 9.17) is 11.6 Å². The van der Waals surface area contributed by atoms with Gasteiger partial charge < -0.3 is 4.57 Å². The van der Waals surface area contributed by atoms with Crippen LogP contribution in [-0.2, 0) is 7.05 Å². The summed E-state index contributed by atoms with van der Waals surface area (Å²) in [6.07, 6.45) is 3.26. The Morgan fingerprint density at radius 1 is 1.59 bits per heavy atom. The Bertz CT molecular complexity index is 569. The molecular weight excluding hydrogens is 307 g/mol. The number of carbonyl (C=O) groups is 1.